The molecule has 1 rings (SSSR count). The molecule has 4 nitrogen and oxygen atoms in total. The molecule has 0 unspecified atom stereocenters. The van der Waals surface area contributed by atoms with Gasteiger partial charge in [0.05, 0.1) is 0 Å². The molecule has 0 saturated carbocycles. The predicted octanol–water partition coefficient (Wildman–Crippen LogP) is 2.58. The lowest BCUT2D eigenvalue weighted by molar-refractivity contribution is -0.143. The van der Waals surface area contributed by atoms with E-state index in [1.807, 2.05) is 33.1 Å². The second-order valence-corrected chi connectivity index (χ2v) is 3.94. The van der Waals surface area contributed by atoms with Crippen molar-refractivity contribution in [3.05, 3.63) is 17.5 Å². The van der Waals surface area contributed by atoms with Crippen LogP contribution in [0.4, 0.5) is 0 Å². The Morgan fingerprint density at radius 2 is 1.88 bits per heavy atom. The zero-order valence-electron chi connectivity index (χ0n) is 10.2. The van der Waals surface area contributed by atoms with Crippen LogP contribution < -0.4 is 0 Å². The molecule has 0 aromatic carbocycles. The summed E-state index contributed by atoms with van der Waals surface area (Å²) in [6.07, 6.45) is 1.57. The highest BCUT2D eigenvalue weighted by Crippen LogP contribution is 2.20. The van der Waals surface area contributed by atoms with E-state index in [1.54, 1.807) is 0 Å². The van der Waals surface area contributed by atoms with Crippen molar-refractivity contribution in [3.63, 3.8) is 0 Å². The van der Waals surface area contributed by atoms with Gasteiger partial charge in [-0.15, -0.1) is 0 Å². The fourth-order valence-corrected chi connectivity index (χ4v) is 1.73. The molecule has 0 aliphatic carbocycles. The van der Waals surface area contributed by atoms with Crippen molar-refractivity contribution in [1.29, 1.82) is 0 Å². The topological polar surface area (TPSA) is 44.2 Å². The minimum atomic E-state index is -0.386. The van der Waals surface area contributed by atoms with Gasteiger partial charge in [-0.1, -0.05) is 11.8 Å². The van der Waals surface area contributed by atoms with Crippen LogP contribution in [0.25, 0.3) is 0 Å². The van der Waals surface area contributed by atoms with Gasteiger partial charge in [0.1, 0.15) is 5.69 Å². The van der Waals surface area contributed by atoms with Crippen LogP contribution in [-0.2, 0) is 9.47 Å². The molecule has 0 aliphatic rings. The van der Waals surface area contributed by atoms with Crippen LogP contribution in [0.3, 0.4) is 0 Å². The van der Waals surface area contributed by atoms with Crippen molar-refractivity contribution in [2.24, 2.45) is 0 Å². The molecule has 0 radical (unpaired) electrons. The smallest absolute Gasteiger partial charge is 0.201 e. The number of aryl methyl sites for hydroxylation is 1. The van der Waals surface area contributed by atoms with E-state index in [1.165, 1.54) is 11.8 Å². The summed E-state index contributed by atoms with van der Waals surface area (Å²) in [7, 11) is 0. The van der Waals surface area contributed by atoms with Crippen LogP contribution in [-0.4, -0.2) is 29.4 Å². The summed E-state index contributed by atoms with van der Waals surface area (Å²) in [5, 5.41) is 0.749. The first-order valence-electron chi connectivity index (χ1n) is 5.34. The number of thioether (sulfide) groups is 1. The van der Waals surface area contributed by atoms with E-state index in [-0.39, 0.29) is 6.29 Å². The second-order valence-electron chi connectivity index (χ2n) is 3.16. The van der Waals surface area contributed by atoms with Gasteiger partial charge in [-0.3, -0.25) is 0 Å². The van der Waals surface area contributed by atoms with Gasteiger partial charge >= 0.3 is 0 Å². The second kappa shape index (κ2) is 6.83. The van der Waals surface area contributed by atoms with Gasteiger partial charge in [0.2, 0.25) is 6.29 Å². The zero-order chi connectivity index (χ0) is 12.0. The SMILES string of the molecule is CCOC(OCC)c1cc(C)nc(SC)n1. The maximum absolute atomic E-state index is 5.50. The highest BCUT2D eigenvalue weighted by Gasteiger charge is 2.14. The van der Waals surface area contributed by atoms with Crippen molar-refractivity contribution >= 4 is 11.8 Å². The molecule has 1 heterocycles. The molecule has 0 aliphatic heterocycles. The Morgan fingerprint density at radius 3 is 2.38 bits per heavy atom. The molecular weight excluding hydrogens is 224 g/mol. The summed E-state index contributed by atoms with van der Waals surface area (Å²) >= 11 is 1.52. The Kier molecular flexibility index (Phi) is 5.73. The minimum Gasteiger partial charge on any atom is -0.347 e. The summed E-state index contributed by atoms with van der Waals surface area (Å²) in [6, 6.07) is 1.90. The first kappa shape index (κ1) is 13.4. The molecule has 90 valence electrons. The van der Waals surface area contributed by atoms with E-state index < -0.39 is 0 Å². The number of ether oxygens (including phenoxy) is 2. The van der Waals surface area contributed by atoms with Crippen molar-refractivity contribution in [3.8, 4) is 0 Å². The molecule has 0 amide bonds. The Balaban J connectivity index is 2.93. The van der Waals surface area contributed by atoms with Crippen LogP contribution in [0, 0.1) is 6.92 Å². The van der Waals surface area contributed by atoms with Crippen molar-refractivity contribution < 1.29 is 9.47 Å². The van der Waals surface area contributed by atoms with E-state index >= 15 is 0 Å². The predicted molar refractivity (Wildman–Crippen MR) is 64.5 cm³/mol. The van der Waals surface area contributed by atoms with E-state index in [0.717, 1.165) is 16.5 Å². The van der Waals surface area contributed by atoms with Gasteiger partial charge in [-0.25, -0.2) is 9.97 Å². The average Bonchev–Trinajstić information content (AvgIpc) is 2.28. The third-order valence-corrected chi connectivity index (χ3v) is 2.46. The lowest BCUT2D eigenvalue weighted by Crippen LogP contribution is -2.12. The van der Waals surface area contributed by atoms with Crippen LogP contribution in [0.5, 0.6) is 0 Å². The normalized spacial score (nSPS) is 11.1. The minimum absolute atomic E-state index is 0.386. The number of hydrogen-bond donors (Lipinski definition) is 0. The summed E-state index contributed by atoms with van der Waals surface area (Å²) < 4.78 is 11.0. The van der Waals surface area contributed by atoms with Gasteiger partial charge in [0.25, 0.3) is 0 Å². The molecule has 1 aromatic rings. The largest absolute Gasteiger partial charge is 0.347 e. The molecular formula is C11H18N2O2S. The lowest BCUT2D eigenvalue weighted by atomic mass is 10.3. The van der Waals surface area contributed by atoms with Gasteiger partial charge < -0.3 is 9.47 Å². The molecule has 16 heavy (non-hydrogen) atoms. The van der Waals surface area contributed by atoms with E-state index in [9.17, 15) is 0 Å². The Bertz CT molecular complexity index is 328. The van der Waals surface area contributed by atoms with E-state index in [0.29, 0.717) is 13.2 Å². The summed E-state index contributed by atoms with van der Waals surface area (Å²) in [4.78, 5) is 8.69. The maximum Gasteiger partial charge on any atom is 0.201 e. The summed E-state index contributed by atoms with van der Waals surface area (Å²) in [5.74, 6) is 0. The molecule has 0 N–H and O–H groups in total. The molecule has 0 saturated heterocycles. The van der Waals surface area contributed by atoms with Gasteiger partial charge in [0.15, 0.2) is 5.16 Å². The summed E-state index contributed by atoms with van der Waals surface area (Å²) in [6.45, 7) is 7.02. The fraction of sp³-hybridized carbons (Fsp3) is 0.636. The van der Waals surface area contributed by atoms with E-state index in [2.05, 4.69) is 9.97 Å². The highest BCUT2D eigenvalue weighted by atomic mass is 32.2. The van der Waals surface area contributed by atoms with Gasteiger partial charge in [-0.2, -0.15) is 0 Å². The number of aromatic nitrogens is 2. The van der Waals surface area contributed by atoms with Crippen LogP contribution in [0.1, 0.15) is 31.5 Å². The first-order chi connectivity index (χ1) is 7.71. The van der Waals surface area contributed by atoms with Crippen LogP contribution >= 0.6 is 11.8 Å². The number of nitrogens with zero attached hydrogens (tertiary/aromatic N) is 2. The first-order valence-corrected chi connectivity index (χ1v) is 6.56. The Hall–Kier alpha value is -0.650. The lowest BCUT2D eigenvalue weighted by Gasteiger charge is -2.16. The standard InChI is InChI=1S/C11H18N2O2S/c1-5-14-10(15-6-2)9-7-8(3)12-11(13-9)16-4/h7,10H,5-6H2,1-4H3. The number of rotatable bonds is 6. The Labute approximate surface area is 101 Å². The molecule has 0 bridgehead atoms. The van der Waals surface area contributed by atoms with Crippen molar-refractivity contribution in [2.45, 2.75) is 32.2 Å². The third-order valence-electron chi connectivity index (χ3n) is 1.91. The van der Waals surface area contributed by atoms with Gasteiger partial charge in [0, 0.05) is 18.9 Å². The maximum atomic E-state index is 5.50. The monoisotopic (exact) mass is 242 g/mol. The van der Waals surface area contributed by atoms with Crippen LogP contribution in [0.2, 0.25) is 0 Å². The van der Waals surface area contributed by atoms with E-state index in [4.69, 9.17) is 9.47 Å². The Morgan fingerprint density at radius 1 is 1.25 bits per heavy atom. The fourth-order valence-electron chi connectivity index (χ4n) is 1.30. The highest BCUT2D eigenvalue weighted by molar-refractivity contribution is 7.98. The van der Waals surface area contributed by atoms with Crippen LogP contribution in [0.15, 0.2) is 11.2 Å². The molecule has 5 heteroatoms. The summed E-state index contributed by atoms with van der Waals surface area (Å²) in [5.41, 5.74) is 1.72. The molecule has 0 spiro atoms. The molecule has 0 fully saturated rings. The van der Waals surface area contributed by atoms with Crippen molar-refractivity contribution in [2.75, 3.05) is 19.5 Å². The average molecular weight is 242 g/mol. The molecule has 1 aromatic heterocycles. The van der Waals surface area contributed by atoms with Gasteiger partial charge in [-0.05, 0) is 33.1 Å². The zero-order valence-corrected chi connectivity index (χ0v) is 11.0. The van der Waals surface area contributed by atoms with Crippen molar-refractivity contribution in [1.82, 2.24) is 9.97 Å². The molecule has 0 atom stereocenters. The third kappa shape index (κ3) is 3.73. The number of hydrogen-bond acceptors (Lipinski definition) is 5. The quantitative estimate of drug-likeness (QED) is 0.436.